The number of fused-ring (bicyclic) bond motifs is 1. The van der Waals surface area contributed by atoms with E-state index in [0.717, 1.165) is 24.1 Å². The first-order chi connectivity index (χ1) is 14.7. The molecule has 31 heavy (non-hydrogen) atoms. The third-order valence-electron chi connectivity index (χ3n) is 5.06. The van der Waals surface area contributed by atoms with E-state index < -0.39 is 23.7 Å². The van der Waals surface area contributed by atoms with E-state index >= 15 is 0 Å². The van der Waals surface area contributed by atoms with Crippen molar-refractivity contribution in [2.24, 2.45) is 0 Å². The minimum absolute atomic E-state index is 0.0210. The Morgan fingerprint density at radius 1 is 1.35 bits per heavy atom. The number of rotatable bonds is 4. The van der Waals surface area contributed by atoms with Crippen LogP contribution in [0.15, 0.2) is 30.5 Å². The van der Waals surface area contributed by atoms with Gasteiger partial charge in [-0.2, -0.15) is 13.2 Å². The molecule has 1 aromatic carbocycles. The van der Waals surface area contributed by atoms with Gasteiger partial charge in [0.05, 0.1) is 17.9 Å². The standard InChI is InChI=1S/C20H19F3N4O4/c1-27-15(10-25-19(27)29)18(28)26-14-8-13(7-11-3-2-6-30-17(11)14)31-16-5-4-12(9-24-16)20(21,22)23/h4-5,7-9,15H,2-3,6,10H2,1H3,(H,25,29)(H,26,28). The molecule has 1 fully saturated rings. The second-order valence-corrected chi connectivity index (χ2v) is 7.20. The highest BCUT2D eigenvalue weighted by molar-refractivity contribution is 6.00. The Kier molecular flexibility index (Phi) is 5.34. The number of anilines is 1. The molecule has 2 N–H and O–H groups in total. The fraction of sp³-hybridized carbons (Fsp3) is 0.350. The summed E-state index contributed by atoms with van der Waals surface area (Å²) in [6.45, 7) is 0.662. The summed E-state index contributed by atoms with van der Waals surface area (Å²) < 4.78 is 49.5. The third kappa shape index (κ3) is 4.35. The molecular weight excluding hydrogens is 417 g/mol. The molecule has 1 unspecified atom stereocenters. The van der Waals surface area contributed by atoms with Crippen molar-refractivity contribution in [1.29, 1.82) is 0 Å². The maximum absolute atomic E-state index is 12.7. The molecule has 2 aliphatic heterocycles. The molecule has 8 nitrogen and oxygen atoms in total. The normalized spacial score (nSPS) is 18.1. The molecule has 0 radical (unpaired) electrons. The van der Waals surface area contributed by atoms with Gasteiger partial charge in [0.25, 0.3) is 0 Å². The summed E-state index contributed by atoms with van der Waals surface area (Å²) in [6, 6.07) is 4.20. The van der Waals surface area contributed by atoms with Crippen molar-refractivity contribution in [3.05, 3.63) is 41.6 Å². The molecule has 3 heterocycles. The van der Waals surface area contributed by atoms with Crippen molar-refractivity contribution in [2.75, 3.05) is 25.5 Å². The number of carbonyl (C=O) groups excluding carboxylic acids is 2. The van der Waals surface area contributed by atoms with Crippen LogP contribution in [0.2, 0.25) is 0 Å². The quantitative estimate of drug-likeness (QED) is 0.768. The van der Waals surface area contributed by atoms with Crippen molar-refractivity contribution in [3.63, 3.8) is 0 Å². The number of ether oxygens (including phenoxy) is 2. The van der Waals surface area contributed by atoms with E-state index in [-0.39, 0.29) is 18.5 Å². The second kappa shape index (κ2) is 7.97. The average Bonchev–Trinajstić information content (AvgIpc) is 3.06. The van der Waals surface area contributed by atoms with Gasteiger partial charge in [-0.1, -0.05) is 0 Å². The Morgan fingerprint density at radius 2 is 2.16 bits per heavy atom. The van der Waals surface area contributed by atoms with E-state index in [2.05, 4.69) is 15.6 Å². The molecule has 164 valence electrons. The zero-order valence-electron chi connectivity index (χ0n) is 16.5. The van der Waals surface area contributed by atoms with E-state index in [9.17, 15) is 22.8 Å². The first-order valence-corrected chi connectivity index (χ1v) is 9.55. The Balaban J connectivity index is 1.58. The van der Waals surface area contributed by atoms with Crippen LogP contribution in [0.1, 0.15) is 17.5 Å². The lowest BCUT2D eigenvalue weighted by Crippen LogP contribution is -2.40. The van der Waals surface area contributed by atoms with Gasteiger partial charge in [0.1, 0.15) is 17.5 Å². The highest BCUT2D eigenvalue weighted by Crippen LogP contribution is 2.39. The third-order valence-corrected chi connectivity index (χ3v) is 5.06. The highest BCUT2D eigenvalue weighted by atomic mass is 19.4. The van der Waals surface area contributed by atoms with E-state index in [1.807, 2.05) is 0 Å². The number of benzene rings is 1. The minimum Gasteiger partial charge on any atom is -0.491 e. The summed E-state index contributed by atoms with van der Waals surface area (Å²) >= 11 is 0. The number of urea groups is 1. The van der Waals surface area contributed by atoms with Crippen LogP contribution in [0.5, 0.6) is 17.4 Å². The molecule has 4 rings (SSSR count). The van der Waals surface area contributed by atoms with Gasteiger partial charge in [0.15, 0.2) is 0 Å². The van der Waals surface area contributed by atoms with E-state index in [1.54, 1.807) is 6.07 Å². The predicted molar refractivity (Wildman–Crippen MR) is 103 cm³/mol. The largest absolute Gasteiger partial charge is 0.491 e. The molecule has 3 amide bonds. The molecule has 2 aromatic rings. The number of alkyl halides is 3. The molecule has 11 heteroatoms. The van der Waals surface area contributed by atoms with Crippen molar-refractivity contribution < 1.29 is 32.2 Å². The maximum atomic E-state index is 12.7. The molecule has 1 atom stereocenters. The molecular formula is C20H19F3N4O4. The van der Waals surface area contributed by atoms with Crippen LogP contribution < -0.4 is 20.1 Å². The number of nitrogens with zero attached hydrogens (tertiary/aromatic N) is 2. The number of aromatic nitrogens is 1. The molecule has 0 aliphatic carbocycles. The number of hydrogen-bond acceptors (Lipinski definition) is 5. The lowest BCUT2D eigenvalue weighted by molar-refractivity contribution is -0.137. The van der Waals surface area contributed by atoms with Gasteiger partial charge in [-0.15, -0.1) is 0 Å². The number of likely N-dealkylation sites (N-methyl/N-ethyl adjacent to an activating group) is 1. The number of carbonyl (C=O) groups is 2. The van der Waals surface area contributed by atoms with Gasteiger partial charge >= 0.3 is 12.2 Å². The first-order valence-electron chi connectivity index (χ1n) is 9.55. The summed E-state index contributed by atoms with van der Waals surface area (Å²) in [5.41, 5.74) is 0.271. The van der Waals surface area contributed by atoms with Crippen molar-refractivity contribution in [2.45, 2.75) is 25.1 Å². The van der Waals surface area contributed by atoms with E-state index in [4.69, 9.17) is 9.47 Å². The van der Waals surface area contributed by atoms with Gasteiger partial charge in [-0.25, -0.2) is 9.78 Å². The fourth-order valence-corrected chi connectivity index (χ4v) is 3.41. The number of aryl methyl sites for hydroxylation is 1. The number of hydrogen-bond donors (Lipinski definition) is 2. The van der Waals surface area contributed by atoms with Crippen LogP contribution in [0, 0.1) is 0 Å². The summed E-state index contributed by atoms with van der Waals surface area (Å²) in [5, 5.41) is 5.36. The van der Waals surface area contributed by atoms with Gasteiger partial charge in [-0.3, -0.25) is 4.79 Å². The second-order valence-electron chi connectivity index (χ2n) is 7.20. The Hall–Kier alpha value is -3.50. The topological polar surface area (TPSA) is 92.8 Å². The molecule has 0 saturated carbocycles. The molecule has 2 aliphatic rings. The maximum Gasteiger partial charge on any atom is 0.417 e. The molecule has 1 aromatic heterocycles. The zero-order valence-corrected chi connectivity index (χ0v) is 16.5. The number of pyridine rings is 1. The van der Waals surface area contributed by atoms with Crippen LogP contribution in [-0.4, -0.2) is 48.1 Å². The molecule has 1 saturated heterocycles. The van der Waals surface area contributed by atoms with Gasteiger partial charge in [-0.05, 0) is 25.0 Å². The van der Waals surface area contributed by atoms with Crippen LogP contribution >= 0.6 is 0 Å². The van der Waals surface area contributed by atoms with Crippen molar-refractivity contribution in [3.8, 4) is 17.4 Å². The van der Waals surface area contributed by atoms with Crippen LogP contribution in [0.4, 0.5) is 23.7 Å². The number of amides is 3. The Morgan fingerprint density at radius 3 is 2.81 bits per heavy atom. The van der Waals surface area contributed by atoms with Crippen LogP contribution in [0.25, 0.3) is 0 Å². The number of halogens is 3. The first kappa shape index (κ1) is 20.8. The Bertz CT molecular complexity index is 1010. The van der Waals surface area contributed by atoms with Crippen LogP contribution in [-0.2, 0) is 17.4 Å². The summed E-state index contributed by atoms with van der Waals surface area (Å²) in [7, 11) is 1.52. The van der Waals surface area contributed by atoms with Crippen molar-refractivity contribution >= 4 is 17.6 Å². The SMILES string of the molecule is CN1C(=O)NCC1C(=O)Nc1cc(Oc2ccc(C(F)(F)F)cn2)cc2c1OCCC2. The molecule has 0 spiro atoms. The minimum atomic E-state index is -4.49. The van der Waals surface area contributed by atoms with Gasteiger partial charge < -0.3 is 25.0 Å². The van der Waals surface area contributed by atoms with Gasteiger partial charge in [0, 0.05) is 37.5 Å². The van der Waals surface area contributed by atoms with Crippen LogP contribution in [0.3, 0.4) is 0 Å². The Labute approximate surface area is 175 Å². The smallest absolute Gasteiger partial charge is 0.417 e. The summed E-state index contributed by atoms with van der Waals surface area (Å²) in [4.78, 5) is 29.3. The van der Waals surface area contributed by atoms with E-state index in [1.165, 1.54) is 18.0 Å². The lowest BCUT2D eigenvalue weighted by atomic mass is 10.0. The van der Waals surface area contributed by atoms with Crippen molar-refractivity contribution in [1.82, 2.24) is 15.2 Å². The average molecular weight is 436 g/mol. The van der Waals surface area contributed by atoms with Gasteiger partial charge in [0.2, 0.25) is 11.8 Å². The molecule has 0 bridgehead atoms. The highest BCUT2D eigenvalue weighted by Gasteiger charge is 2.34. The van der Waals surface area contributed by atoms with E-state index in [0.29, 0.717) is 36.4 Å². The summed E-state index contributed by atoms with van der Waals surface area (Å²) in [6.07, 6.45) is -2.35. The monoisotopic (exact) mass is 436 g/mol. The predicted octanol–water partition coefficient (Wildman–Crippen LogP) is 3.18. The lowest BCUT2D eigenvalue weighted by Gasteiger charge is -2.23. The number of nitrogens with one attached hydrogen (secondary N) is 2. The zero-order chi connectivity index (χ0) is 22.2. The fourth-order valence-electron chi connectivity index (χ4n) is 3.41. The summed E-state index contributed by atoms with van der Waals surface area (Å²) in [5.74, 6) is 0.377.